The summed E-state index contributed by atoms with van der Waals surface area (Å²) in [5, 5.41) is 6.84. The van der Waals surface area contributed by atoms with Gasteiger partial charge in [0.25, 0.3) is 5.91 Å². The van der Waals surface area contributed by atoms with Crippen LogP contribution in [0.4, 0.5) is 4.79 Å². The molecule has 0 aliphatic carbocycles. The van der Waals surface area contributed by atoms with Crippen LogP contribution in [0.1, 0.15) is 31.3 Å². The molecular formula is C18H21N3O5S. The molecule has 0 radical (unpaired) electrons. The molecule has 1 aromatic carbocycles. The van der Waals surface area contributed by atoms with Gasteiger partial charge in [0.05, 0.1) is 7.11 Å². The average molecular weight is 391 g/mol. The summed E-state index contributed by atoms with van der Waals surface area (Å²) >= 11 is 1.28. The van der Waals surface area contributed by atoms with E-state index in [1.54, 1.807) is 45.4 Å². The van der Waals surface area contributed by atoms with Gasteiger partial charge in [0.15, 0.2) is 12.3 Å². The zero-order valence-electron chi connectivity index (χ0n) is 15.5. The Labute approximate surface area is 160 Å². The molecule has 0 spiro atoms. The lowest BCUT2D eigenvalue weighted by Crippen LogP contribution is -2.49. The number of nitrogens with one attached hydrogen (secondary N) is 2. The molecule has 0 saturated carbocycles. The lowest BCUT2D eigenvalue weighted by atomic mass is 10.1. The van der Waals surface area contributed by atoms with E-state index in [2.05, 4.69) is 15.6 Å². The maximum Gasteiger partial charge on any atom is 0.358 e. The standard InChI is InChI=1S/C18H21N3O5S/c1-18(2,3)21-17(24)20-14(22)9-26-16(23)13-10-27-15(19-13)11-5-7-12(25-4)8-6-11/h5-8,10H,9H2,1-4H3,(H2,20,21,22,24). The van der Waals surface area contributed by atoms with Gasteiger partial charge >= 0.3 is 12.0 Å². The zero-order valence-corrected chi connectivity index (χ0v) is 16.3. The first-order chi connectivity index (χ1) is 12.7. The second kappa shape index (κ2) is 8.63. The van der Waals surface area contributed by atoms with Crippen molar-refractivity contribution in [2.45, 2.75) is 26.3 Å². The van der Waals surface area contributed by atoms with E-state index in [0.717, 1.165) is 11.3 Å². The number of ether oxygens (including phenoxy) is 2. The van der Waals surface area contributed by atoms with Gasteiger partial charge in [-0.1, -0.05) is 0 Å². The number of urea groups is 1. The monoisotopic (exact) mass is 391 g/mol. The minimum atomic E-state index is -0.739. The molecule has 144 valence electrons. The number of rotatable bonds is 5. The molecule has 2 rings (SSSR count). The van der Waals surface area contributed by atoms with Crippen molar-refractivity contribution in [1.82, 2.24) is 15.6 Å². The zero-order chi connectivity index (χ0) is 20.0. The third-order valence-corrected chi connectivity index (χ3v) is 4.02. The molecule has 3 amide bonds. The van der Waals surface area contributed by atoms with Crippen LogP contribution in [0.25, 0.3) is 10.6 Å². The van der Waals surface area contributed by atoms with Gasteiger partial charge in [-0.25, -0.2) is 14.6 Å². The predicted octanol–water partition coefficient (Wildman–Crippen LogP) is 2.60. The van der Waals surface area contributed by atoms with Crippen LogP contribution in [0, 0.1) is 0 Å². The third kappa shape index (κ3) is 6.37. The molecule has 0 unspecified atom stereocenters. The lowest BCUT2D eigenvalue weighted by molar-refractivity contribution is -0.123. The van der Waals surface area contributed by atoms with E-state index < -0.39 is 30.1 Å². The number of imide groups is 1. The van der Waals surface area contributed by atoms with Crippen LogP contribution in [0.2, 0.25) is 0 Å². The van der Waals surface area contributed by atoms with Crippen LogP contribution < -0.4 is 15.4 Å². The maximum atomic E-state index is 12.0. The highest BCUT2D eigenvalue weighted by Gasteiger charge is 2.18. The number of esters is 1. The van der Waals surface area contributed by atoms with Crippen LogP contribution in [0.5, 0.6) is 5.75 Å². The Kier molecular flexibility index (Phi) is 6.51. The largest absolute Gasteiger partial charge is 0.497 e. The molecule has 27 heavy (non-hydrogen) atoms. The highest BCUT2D eigenvalue weighted by molar-refractivity contribution is 7.13. The molecule has 1 aromatic heterocycles. The number of methoxy groups -OCH3 is 1. The molecule has 2 N–H and O–H groups in total. The van der Waals surface area contributed by atoms with Gasteiger partial charge in [-0.3, -0.25) is 10.1 Å². The number of benzene rings is 1. The minimum absolute atomic E-state index is 0.0951. The second-order valence-corrected chi connectivity index (χ2v) is 7.45. The molecule has 0 aliphatic rings. The van der Waals surface area contributed by atoms with E-state index in [1.807, 2.05) is 12.1 Å². The summed E-state index contributed by atoms with van der Waals surface area (Å²) in [6, 6.07) is 6.59. The Bertz CT molecular complexity index is 824. The van der Waals surface area contributed by atoms with E-state index in [-0.39, 0.29) is 5.69 Å². The van der Waals surface area contributed by atoms with Gasteiger partial charge in [0.1, 0.15) is 10.8 Å². The molecule has 0 saturated heterocycles. The summed E-state index contributed by atoms with van der Waals surface area (Å²) in [5.74, 6) is -0.746. The van der Waals surface area contributed by atoms with Gasteiger partial charge < -0.3 is 14.8 Å². The summed E-state index contributed by atoms with van der Waals surface area (Å²) in [6.45, 7) is 4.75. The molecule has 9 heteroatoms. The van der Waals surface area contributed by atoms with Crippen molar-refractivity contribution in [2.24, 2.45) is 0 Å². The smallest absolute Gasteiger partial charge is 0.358 e. The molecule has 8 nitrogen and oxygen atoms in total. The van der Waals surface area contributed by atoms with Crippen molar-refractivity contribution in [3.63, 3.8) is 0 Å². The van der Waals surface area contributed by atoms with Crippen LogP contribution in [-0.2, 0) is 9.53 Å². The van der Waals surface area contributed by atoms with Crippen molar-refractivity contribution < 1.29 is 23.9 Å². The first kappa shape index (κ1) is 20.4. The Morgan fingerprint density at radius 2 is 1.81 bits per heavy atom. The summed E-state index contributed by atoms with van der Waals surface area (Å²) in [5.41, 5.74) is 0.439. The summed E-state index contributed by atoms with van der Waals surface area (Å²) in [7, 11) is 1.58. The number of aromatic nitrogens is 1. The number of carbonyl (C=O) groups is 3. The van der Waals surface area contributed by atoms with Crippen LogP contribution in [0.3, 0.4) is 0 Å². The highest BCUT2D eigenvalue weighted by Crippen LogP contribution is 2.25. The van der Waals surface area contributed by atoms with Crippen molar-refractivity contribution in [1.29, 1.82) is 0 Å². The normalized spacial score (nSPS) is 10.8. The minimum Gasteiger partial charge on any atom is -0.497 e. The van der Waals surface area contributed by atoms with E-state index in [4.69, 9.17) is 9.47 Å². The first-order valence-corrected chi connectivity index (χ1v) is 8.95. The molecular weight excluding hydrogens is 370 g/mol. The number of hydrogen-bond donors (Lipinski definition) is 2. The fourth-order valence-corrected chi connectivity index (χ4v) is 2.77. The summed E-state index contributed by atoms with van der Waals surface area (Å²) in [4.78, 5) is 39.5. The van der Waals surface area contributed by atoms with Crippen molar-refractivity contribution in [2.75, 3.05) is 13.7 Å². The Hall–Kier alpha value is -2.94. The van der Waals surface area contributed by atoms with E-state index in [1.165, 1.54) is 11.3 Å². The number of nitrogens with zero attached hydrogens (tertiary/aromatic N) is 1. The fourth-order valence-electron chi connectivity index (χ4n) is 1.97. The van der Waals surface area contributed by atoms with Crippen LogP contribution in [-0.4, -0.2) is 42.1 Å². The molecule has 2 aromatic rings. The summed E-state index contributed by atoms with van der Waals surface area (Å²) in [6.07, 6.45) is 0. The van der Waals surface area contributed by atoms with Crippen molar-refractivity contribution in [3.8, 4) is 16.3 Å². The van der Waals surface area contributed by atoms with E-state index in [9.17, 15) is 14.4 Å². The first-order valence-electron chi connectivity index (χ1n) is 8.07. The van der Waals surface area contributed by atoms with Crippen molar-refractivity contribution >= 4 is 29.2 Å². The van der Waals surface area contributed by atoms with Crippen molar-refractivity contribution in [3.05, 3.63) is 35.3 Å². The predicted molar refractivity (Wildman–Crippen MR) is 101 cm³/mol. The fraction of sp³-hybridized carbons (Fsp3) is 0.333. The Morgan fingerprint density at radius 1 is 1.15 bits per heavy atom. The number of amides is 3. The van der Waals surface area contributed by atoms with Gasteiger partial charge in [0.2, 0.25) is 0 Å². The van der Waals surface area contributed by atoms with Gasteiger partial charge in [0, 0.05) is 16.5 Å². The van der Waals surface area contributed by atoms with Crippen LogP contribution in [0.15, 0.2) is 29.6 Å². The molecule has 0 atom stereocenters. The summed E-state index contributed by atoms with van der Waals surface area (Å²) < 4.78 is 10.00. The quantitative estimate of drug-likeness (QED) is 0.759. The lowest BCUT2D eigenvalue weighted by Gasteiger charge is -2.20. The third-order valence-electron chi connectivity index (χ3n) is 3.13. The van der Waals surface area contributed by atoms with Gasteiger partial charge in [-0.2, -0.15) is 0 Å². The number of thiazole rings is 1. The second-order valence-electron chi connectivity index (χ2n) is 6.59. The van der Waals surface area contributed by atoms with Gasteiger partial charge in [-0.05, 0) is 45.0 Å². The Balaban J connectivity index is 1.88. The molecule has 0 fully saturated rings. The van der Waals surface area contributed by atoms with Crippen LogP contribution >= 0.6 is 11.3 Å². The van der Waals surface area contributed by atoms with E-state index in [0.29, 0.717) is 5.01 Å². The number of hydrogen-bond acceptors (Lipinski definition) is 7. The average Bonchev–Trinajstić information content (AvgIpc) is 3.08. The molecule has 0 bridgehead atoms. The highest BCUT2D eigenvalue weighted by atomic mass is 32.1. The molecule has 1 heterocycles. The SMILES string of the molecule is COc1ccc(-c2nc(C(=O)OCC(=O)NC(=O)NC(C)(C)C)cs2)cc1. The van der Waals surface area contributed by atoms with E-state index >= 15 is 0 Å². The topological polar surface area (TPSA) is 107 Å². The molecule has 0 aliphatic heterocycles. The Morgan fingerprint density at radius 3 is 2.41 bits per heavy atom. The number of carbonyl (C=O) groups excluding carboxylic acids is 3. The maximum absolute atomic E-state index is 12.0. The van der Waals surface area contributed by atoms with Gasteiger partial charge in [-0.15, -0.1) is 11.3 Å².